The van der Waals surface area contributed by atoms with Crippen LogP contribution >= 0.6 is 0 Å². The van der Waals surface area contributed by atoms with E-state index < -0.39 is 0 Å². The molecule has 1 aliphatic rings. The zero-order chi connectivity index (χ0) is 13.5. The fourth-order valence-corrected chi connectivity index (χ4v) is 2.60. The fourth-order valence-electron chi connectivity index (χ4n) is 2.60. The molecule has 2 N–H and O–H groups in total. The molecule has 1 aromatic rings. The number of nitrogens with one attached hydrogen (secondary N) is 1. The number of hydrogen-bond donors (Lipinski definition) is 2. The maximum Gasteiger partial charge on any atom is 0.123 e. The van der Waals surface area contributed by atoms with E-state index in [9.17, 15) is 4.39 Å². The molecule has 0 amide bonds. The van der Waals surface area contributed by atoms with Crippen LogP contribution in [0.5, 0.6) is 0 Å². The molecule has 3 nitrogen and oxygen atoms in total. The summed E-state index contributed by atoms with van der Waals surface area (Å²) in [6.45, 7) is 4.15. The van der Waals surface area contributed by atoms with Gasteiger partial charge in [-0.3, -0.25) is 4.90 Å². The molecule has 1 saturated heterocycles. The molecular weight excluding hydrogens is 243 g/mol. The van der Waals surface area contributed by atoms with Crippen molar-refractivity contribution >= 4 is 0 Å². The van der Waals surface area contributed by atoms with Crippen molar-refractivity contribution in [2.24, 2.45) is 0 Å². The summed E-state index contributed by atoms with van der Waals surface area (Å²) in [5.74, 6) is -0.175. The lowest BCUT2D eigenvalue weighted by atomic mass is 10.0. The summed E-state index contributed by atoms with van der Waals surface area (Å²) in [6.07, 6.45) is 3.21. The summed E-state index contributed by atoms with van der Waals surface area (Å²) in [5, 5.41) is 12.3. The van der Waals surface area contributed by atoms with E-state index in [2.05, 4.69) is 10.2 Å². The van der Waals surface area contributed by atoms with E-state index in [0.29, 0.717) is 6.04 Å². The molecule has 4 heteroatoms. The summed E-state index contributed by atoms with van der Waals surface area (Å²) in [7, 11) is 0. The Labute approximate surface area is 114 Å². The summed E-state index contributed by atoms with van der Waals surface area (Å²) >= 11 is 0. The Balaban J connectivity index is 1.78. The van der Waals surface area contributed by atoms with Crippen molar-refractivity contribution in [1.82, 2.24) is 10.2 Å². The van der Waals surface area contributed by atoms with E-state index in [4.69, 9.17) is 5.11 Å². The van der Waals surface area contributed by atoms with Crippen molar-refractivity contribution in [3.8, 4) is 0 Å². The third-order valence-corrected chi connectivity index (χ3v) is 3.59. The standard InChI is InChI=1S/C15H23FN2O/c16-14-6-4-13(5-7-14)11-18-9-1-3-15(12-18)17-8-2-10-19/h4-7,15,17,19H,1-3,8-12H2. The van der Waals surface area contributed by atoms with Crippen LogP contribution in [0.25, 0.3) is 0 Å². The minimum absolute atomic E-state index is 0.175. The average Bonchev–Trinajstić information content (AvgIpc) is 2.42. The van der Waals surface area contributed by atoms with Gasteiger partial charge in [0.25, 0.3) is 0 Å². The van der Waals surface area contributed by atoms with Crippen LogP contribution in [-0.2, 0) is 6.54 Å². The van der Waals surface area contributed by atoms with Crippen LogP contribution in [0.2, 0.25) is 0 Å². The second kappa shape index (κ2) is 7.58. The Hall–Kier alpha value is -0.970. The normalized spacial score (nSPS) is 20.6. The molecule has 1 atom stereocenters. The molecule has 1 fully saturated rings. The predicted molar refractivity (Wildman–Crippen MR) is 74.4 cm³/mol. The smallest absolute Gasteiger partial charge is 0.123 e. The fraction of sp³-hybridized carbons (Fsp3) is 0.600. The van der Waals surface area contributed by atoms with Crippen LogP contribution in [0.4, 0.5) is 4.39 Å². The molecule has 0 spiro atoms. The number of rotatable bonds is 6. The highest BCUT2D eigenvalue weighted by Crippen LogP contribution is 2.14. The van der Waals surface area contributed by atoms with Crippen LogP contribution in [0.3, 0.4) is 0 Å². The Morgan fingerprint density at radius 2 is 2.11 bits per heavy atom. The topological polar surface area (TPSA) is 35.5 Å². The van der Waals surface area contributed by atoms with Gasteiger partial charge in [0.1, 0.15) is 5.82 Å². The minimum Gasteiger partial charge on any atom is -0.396 e. The first kappa shape index (κ1) is 14.4. The van der Waals surface area contributed by atoms with Gasteiger partial charge in [-0.15, -0.1) is 0 Å². The van der Waals surface area contributed by atoms with E-state index in [1.54, 1.807) is 0 Å². The largest absolute Gasteiger partial charge is 0.396 e. The number of hydrogen-bond acceptors (Lipinski definition) is 3. The Morgan fingerprint density at radius 1 is 1.32 bits per heavy atom. The van der Waals surface area contributed by atoms with Gasteiger partial charge in [-0.1, -0.05) is 12.1 Å². The molecule has 0 aliphatic carbocycles. The first-order chi connectivity index (χ1) is 9.28. The van der Waals surface area contributed by atoms with Crippen molar-refractivity contribution in [3.05, 3.63) is 35.6 Å². The highest BCUT2D eigenvalue weighted by molar-refractivity contribution is 5.16. The number of piperidine rings is 1. The SMILES string of the molecule is OCCCNC1CCCN(Cc2ccc(F)cc2)C1. The van der Waals surface area contributed by atoms with Crippen molar-refractivity contribution < 1.29 is 9.50 Å². The van der Waals surface area contributed by atoms with Gasteiger partial charge in [-0.25, -0.2) is 4.39 Å². The molecule has 0 bridgehead atoms. The third-order valence-electron chi connectivity index (χ3n) is 3.59. The molecule has 106 valence electrons. The van der Waals surface area contributed by atoms with Gasteiger partial charge in [-0.2, -0.15) is 0 Å². The van der Waals surface area contributed by atoms with Gasteiger partial charge < -0.3 is 10.4 Å². The molecule has 1 aliphatic heterocycles. The summed E-state index contributed by atoms with van der Waals surface area (Å²) in [5.41, 5.74) is 1.16. The molecule has 1 heterocycles. The van der Waals surface area contributed by atoms with Crippen LogP contribution in [-0.4, -0.2) is 42.3 Å². The lowest BCUT2D eigenvalue weighted by molar-refractivity contribution is 0.181. The molecule has 1 aromatic carbocycles. The van der Waals surface area contributed by atoms with Crippen molar-refractivity contribution in [2.75, 3.05) is 26.2 Å². The van der Waals surface area contributed by atoms with Gasteiger partial charge in [0.2, 0.25) is 0 Å². The molecule has 0 radical (unpaired) electrons. The quantitative estimate of drug-likeness (QED) is 0.770. The molecule has 2 rings (SSSR count). The van der Waals surface area contributed by atoms with Crippen molar-refractivity contribution in [2.45, 2.75) is 31.8 Å². The van der Waals surface area contributed by atoms with E-state index in [-0.39, 0.29) is 12.4 Å². The van der Waals surface area contributed by atoms with Crippen LogP contribution < -0.4 is 5.32 Å². The second-order valence-electron chi connectivity index (χ2n) is 5.23. The lowest BCUT2D eigenvalue weighted by Crippen LogP contribution is -2.45. The lowest BCUT2D eigenvalue weighted by Gasteiger charge is -2.33. The Morgan fingerprint density at radius 3 is 2.84 bits per heavy atom. The van der Waals surface area contributed by atoms with Crippen LogP contribution in [0.15, 0.2) is 24.3 Å². The third kappa shape index (κ3) is 4.90. The summed E-state index contributed by atoms with van der Waals surface area (Å²) in [6, 6.07) is 7.28. The summed E-state index contributed by atoms with van der Waals surface area (Å²) in [4.78, 5) is 2.41. The van der Waals surface area contributed by atoms with E-state index in [1.807, 2.05) is 12.1 Å². The number of nitrogens with zero attached hydrogens (tertiary/aromatic N) is 1. The molecule has 0 saturated carbocycles. The number of likely N-dealkylation sites (tertiary alicyclic amines) is 1. The monoisotopic (exact) mass is 266 g/mol. The van der Waals surface area contributed by atoms with E-state index in [0.717, 1.165) is 38.2 Å². The van der Waals surface area contributed by atoms with Crippen molar-refractivity contribution in [1.29, 1.82) is 0 Å². The van der Waals surface area contributed by atoms with Gasteiger partial charge >= 0.3 is 0 Å². The second-order valence-corrected chi connectivity index (χ2v) is 5.23. The predicted octanol–water partition coefficient (Wildman–Crippen LogP) is 1.76. The first-order valence-electron chi connectivity index (χ1n) is 7.09. The molecule has 0 aromatic heterocycles. The zero-order valence-electron chi connectivity index (χ0n) is 11.3. The molecule has 1 unspecified atom stereocenters. The molecular formula is C15H23FN2O. The number of aliphatic hydroxyl groups is 1. The van der Waals surface area contributed by atoms with E-state index >= 15 is 0 Å². The van der Waals surface area contributed by atoms with Crippen molar-refractivity contribution in [3.63, 3.8) is 0 Å². The van der Waals surface area contributed by atoms with E-state index in [1.165, 1.54) is 25.0 Å². The summed E-state index contributed by atoms with van der Waals surface area (Å²) < 4.78 is 12.9. The zero-order valence-corrected chi connectivity index (χ0v) is 11.3. The highest BCUT2D eigenvalue weighted by Gasteiger charge is 2.19. The number of benzene rings is 1. The van der Waals surface area contributed by atoms with Gasteiger partial charge in [0, 0.05) is 25.7 Å². The van der Waals surface area contributed by atoms with Crippen LogP contribution in [0, 0.1) is 5.82 Å². The first-order valence-corrected chi connectivity index (χ1v) is 7.09. The maximum absolute atomic E-state index is 12.9. The Kier molecular flexibility index (Phi) is 5.76. The van der Waals surface area contributed by atoms with Gasteiger partial charge in [0.15, 0.2) is 0 Å². The van der Waals surface area contributed by atoms with Crippen LogP contribution in [0.1, 0.15) is 24.8 Å². The number of halogens is 1. The molecule has 19 heavy (non-hydrogen) atoms. The maximum atomic E-state index is 12.9. The Bertz CT molecular complexity index is 369. The minimum atomic E-state index is -0.175. The van der Waals surface area contributed by atoms with Gasteiger partial charge in [0.05, 0.1) is 0 Å². The highest BCUT2D eigenvalue weighted by atomic mass is 19.1. The average molecular weight is 266 g/mol. The number of aliphatic hydroxyl groups excluding tert-OH is 1. The van der Waals surface area contributed by atoms with Gasteiger partial charge in [-0.05, 0) is 50.0 Å².